The summed E-state index contributed by atoms with van der Waals surface area (Å²) in [5, 5.41) is 15.8. The van der Waals surface area contributed by atoms with Crippen LogP contribution in [0, 0.1) is 10.1 Å². The molecule has 1 amide bonds. The number of nitrogens with one attached hydrogen (secondary N) is 1. The van der Waals surface area contributed by atoms with Crippen LogP contribution in [0.4, 0.5) is 5.69 Å². The van der Waals surface area contributed by atoms with E-state index in [1.165, 1.54) is 10.9 Å². The van der Waals surface area contributed by atoms with Crippen LogP contribution >= 0.6 is 23.1 Å². The molecule has 0 aliphatic heterocycles. The molecule has 0 fully saturated rings. The van der Waals surface area contributed by atoms with E-state index in [2.05, 4.69) is 11.4 Å². The summed E-state index contributed by atoms with van der Waals surface area (Å²) in [7, 11) is 0. The fraction of sp³-hybridized carbons (Fsp3) is 0.294. The van der Waals surface area contributed by atoms with Gasteiger partial charge in [0.25, 0.3) is 11.6 Å². The van der Waals surface area contributed by atoms with E-state index in [1.807, 2.05) is 11.4 Å². The van der Waals surface area contributed by atoms with Gasteiger partial charge in [0, 0.05) is 40.6 Å². The van der Waals surface area contributed by atoms with E-state index in [0.717, 1.165) is 17.9 Å². The fourth-order valence-corrected chi connectivity index (χ4v) is 3.79. The molecule has 1 N–H and O–H groups in total. The SMILES string of the molecule is CCOC(=O)c1cc(C(=O)NCCSCc2cccs2)cc([N+](=O)[O-])c1. The van der Waals surface area contributed by atoms with Crippen molar-refractivity contribution in [2.75, 3.05) is 18.9 Å². The molecule has 0 bridgehead atoms. The average Bonchev–Trinajstić information content (AvgIpc) is 3.14. The van der Waals surface area contributed by atoms with E-state index < -0.39 is 16.8 Å². The Bertz CT molecular complexity index is 777. The summed E-state index contributed by atoms with van der Waals surface area (Å²) < 4.78 is 4.85. The molecule has 2 rings (SSSR count). The molecule has 0 unspecified atom stereocenters. The number of hydrogen-bond donors (Lipinski definition) is 1. The predicted octanol–water partition coefficient (Wildman–Crippen LogP) is 3.50. The molecule has 0 spiro atoms. The third kappa shape index (κ3) is 5.85. The van der Waals surface area contributed by atoms with Crippen molar-refractivity contribution >= 4 is 40.7 Å². The second-order valence-corrected chi connectivity index (χ2v) is 7.27. The van der Waals surface area contributed by atoms with Crippen molar-refractivity contribution in [2.45, 2.75) is 12.7 Å². The molecule has 2 aromatic rings. The summed E-state index contributed by atoms with van der Waals surface area (Å²) in [5.74, 6) is 0.424. The number of non-ortho nitro benzene ring substituents is 1. The molecule has 9 heteroatoms. The molecule has 0 radical (unpaired) electrons. The van der Waals surface area contributed by atoms with Crippen LogP contribution < -0.4 is 5.32 Å². The van der Waals surface area contributed by atoms with Crippen molar-refractivity contribution in [1.82, 2.24) is 5.32 Å². The van der Waals surface area contributed by atoms with Crippen molar-refractivity contribution in [2.24, 2.45) is 0 Å². The molecule has 138 valence electrons. The lowest BCUT2D eigenvalue weighted by Gasteiger charge is -2.07. The Balaban J connectivity index is 1.95. The van der Waals surface area contributed by atoms with Crippen LogP contribution in [-0.2, 0) is 10.5 Å². The summed E-state index contributed by atoms with van der Waals surface area (Å²) in [5.41, 5.74) is -0.281. The van der Waals surface area contributed by atoms with Crippen LogP contribution in [0.1, 0.15) is 32.5 Å². The zero-order chi connectivity index (χ0) is 18.9. The maximum atomic E-state index is 12.3. The normalized spacial score (nSPS) is 10.3. The van der Waals surface area contributed by atoms with Crippen molar-refractivity contribution in [3.63, 3.8) is 0 Å². The Morgan fingerprint density at radius 1 is 1.31 bits per heavy atom. The van der Waals surface area contributed by atoms with Crippen molar-refractivity contribution < 1.29 is 19.2 Å². The van der Waals surface area contributed by atoms with Crippen LogP contribution in [0.5, 0.6) is 0 Å². The third-order valence-corrected chi connectivity index (χ3v) is 5.33. The Hall–Kier alpha value is -2.39. The minimum atomic E-state index is -0.697. The van der Waals surface area contributed by atoms with Gasteiger partial charge >= 0.3 is 5.97 Å². The first-order chi connectivity index (χ1) is 12.5. The van der Waals surface area contributed by atoms with Gasteiger partial charge in [0.15, 0.2) is 0 Å². The van der Waals surface area contributed by atoms with Crippen LogP contribution in [0.15, 0.2) is 35.7 Å². The number of ether oxygens (including phenoxy) is 1. The number of rotatable bonds is 9. The van der Waals surface area contributed by atoms with E-state index in [-0.39, 0.29) is 23.4 Å². The maximum Gasteiger partial charge on any atom is 0.338 e. The molecule has 0 aliphatic rings. The van der Waals surface area contributed by atoms with Crippen LogP contribution in [0.2, 0.25) is 0 Å². The fourth-order valence-electron chi connectivity index (χ4n) is 2.09. The van der Waals surface area contributed by atoms with E-state index in [4.69, 9.17) is 4.74 Å². The summed E-state index contributed by atoms with van der Waals surface area (Å²) in [6.07, 6.45) is 0. The third-order valence-electron chi connectivity index (χ3n) is 3.26. The Morgan fingerprint density at radius 3 is 2.73 bits per heavy atom. The Morgan fingerprint density at radius 2 is 2.08 bits per heavy atom. The standard InChI is InChI=1S/C17H18N2O5S2/c1-2-24-17(21)13-8-12(9-14(10-13)19(22)23)16(20)18-5-7-25-11-15-4-3-6-26-15/h3-4,6,8-10H,2,5,7,11H2,1H3,(H,18,20). The molecule has 1 heterocycles. The minimum absolute atomic E-state index is 0.0155. The highest BCUT2D eigenvalue weighted by Gasteiger charge is 2.18. The predicted molar refractivity (Wildman–Crippen MR) is 102 cm³/mol. The number of benzene rings is 1. The number of esters is 1. The summed E-state index contributed by atoms with van der Waals surface area (Å²) in [6, 6.07) is 7.60. The minimum Gasteiger partial charge on any atom is -0.462 e. The van der Waals surface area contributed by atoms with Gasteiger partial charge in [0.2, 0.25) is 0 Å². The molecule has 26 heavy (non-hydrogen) atoms. The first kappa shape index (κ1) is 19.9. The zero-order valence-corrected chi connectivity index (χ0v) is 15.7. The van der Waals surface area contributed by atoms with Gasteiger partial charge in [-0.1, -0.05) is 6.07 Å². The Labute approximate surface area is 158 Å². The highest BCUT2D eigenvalue weighted by atomic mass is 32.2. The van der Waals surface area contributed by atoms with E-state index >= 15 is 0 Å². The number of nitrogens with zero attached hydrogens (tertiary/aromatic N) is 1. The van der Waals surface area contributed by atoms with E-state index in [0.29, 0.717) is 12.3 Å². The highest BCUT2D eigenvalue weighted by molar-refractivity contribution is 7.98. The van der Waals surface area contributed by atoms with E-state index in [9.17, 15) is 19.7 Å². The largest absolute Gasteiger partial charge is 0.462 e. The van der Waals surface area contributed by atoms with Gasteiger partial charge in [0.05, 0.1) is 17.1 Å². The molecule has 0 aliphatic carbocycles. The first-order valence-corrected chi connectivity index (χ1v) is 9.89. The number of thioether (sulfide) groups is 1. The summed E-state index contributed by atoms with van der Waals surface area (Å²) in [4.78, 5) is 35.7. The Kier molecular flexibility index (Phi) is 7.61. The quantitative estimate of drug-likeness (QED) is 0.302. The van der Waals surface area contributed by atoms with Gasteiger partial charge in [-0.2, -0.15) is 11.8 Å². The van der Waals surface area contributed by atoms with Gasteiger partial charge in [-0.3, -0.25) is 14.9 Å². The van der Waals surface area contributed by atoms with Gasteiger partial charge in [-0.05, 0) is 24.4 Å². The molecule has 1 aromatic heterocycles. The summed E-state index contributed by atoms with van der Waals surface area (Å²) in [6.45, 7) is 2.20. The monoisotopic (exact) mass is 394 g/mol. The number of thiophene rings is 1. The second kappa shape index (κ2) is 9.93. The van der Waals surface area contributed by atoms with Crippen molar-refractivity contribution in [3.05, 3.63) is 61.8 Å². The molecule has 1 aromatic carbocycles. The summed E-state index contributed by atoms with van der Waals surface area (Å²) >= 11 is 3.37. The zero-order valence-electron chi connectivity index (χ0n) is 14.1. The lowest BCUT2D eigenvalue weighted by Crippen LogP contribution is -2.26. The molecular formula is C17H18N2O5S2. The maximum absolute atomic E-state index is 12.3. The van der Waals surface area contributed by atoms with Gasteiger partial charge < -0.3 is 10.1 Å². The average molecular weight is 394 g/mol. The number of carbonyl (C=O) groups excluding carboxylic acids is 2. The molecule has 0 saturated carbocycles. The van der Waals surface area contributed by atoms with Crippen LogP contribution in [-0.4, -0.2) is 35.7 Å². The second-order valence-electron chi connectivity index (χ2n) is 5.13. The molecule has 0 saturated heterocycles. The number of amides is 1. The molecule has 7 nitrogen and oxygen atoms in total. The van der Waals surface area contributed by atoms with Gasteiger partial charge in [-0.15, -0.1) is 11.3 Å². The number of nitro benzene ring substituents is 1. The van der Waals surface area contributed by atoms with Crippen molar-refractivity contribution in [1.29, 1.82) is 0 Å². The van der Waals surface area contributed by atoms with Crippen LogP contribution in [0.3, 0.4) is 0 Å². The molecule has 0 atom stereocenters. The topological polar surface area (TPSA) is 98.5 Å². The van der Waals surface area contributed by atoms with Gasteiger partial charge in [-0.25, -0.2) is 4.79 Å². The van der Waals surface area contributed by atoms with E-state index in [1.54, 1.807) is 30.0 Å². The van der Waals surface area contributed by atoms with Gasteiger partial charge in [0.1, 0.15) is 0 Å². The lowest BCUT2D eigenvalue weighted by atomic mass is 10.1. The number of carbonyl (C=O) groups is 2. The number of nitro groups is 1. The molecular weight excluding hydrogens is 376 g/mol. The van der Waals surface area contributed by atoms with Crippen LogP contribution in [0.25, 0.3) is 0 Å². The smallest absolute Gasteiger partial charge is 0.338 e. The lowest BCUT2D eigenvalue weighted by molar-refractivity contribution is -0.384. The highest BCUT2D eigenvalue weighted by Crippen LogP contribution is 2.19. The van der Waals surface area contributed by atoms with Crippen molar-refractivity contribution in [3.8, 4) is 0 Å². The first-order valence-electron chi connectivity index (χ1n) is 7.86. The number of hydrogen-bond acceptors (Lipinski definition) is 7.